The maximum Gasteiger partial charge on any atom is 0.246 e. The Labute approximate surface area is 121 Å². The summed E-state index contributed by atoms with van der Waals surface area (Å²) in [6, 6.07) is 0. The van der Waals surface area contributed by atoms with Crippen LogP contribution in [0.4, 0.5) is 0 Å². The quantitative estimate of drug-likeness (QED) is 0.785. The first-order valence-electron chi connectivity index (χ1n) is 7.59. The van der Waals surface area contributed by atoms with E-state index in [-0.39, 0.29) is 5.91 Å². The van der Waals surface area contributed by atoms with Crippen molar-refractivity contribution in [1.82, 2.24) is 10.2 Å². The summed E-state index contributed by atoms with van der Waals surface area (Å²) in [5.41, 5.74) is 0. The molecule has 0 bridgehead atoms. The standard InChI is InChI=1S/C15H26N2OS/c1-2-17(12-14-4-3-11-19-14)15(18)6-5-13-7-9-16-10-8-13/h5-6,13-14,16H,2-4,7-12H2,1H3/b6-5+. The lowest BCUT2D eigenvalue weighted by atomic mass is 9.98. The third-order valence-electron chi connectivity index (χ3n) is 4.04. The zero-order chi connectivity index (χ0) is 13.5. The van der Waals surface area contributed by atoms with Gasteiger partial charge in [-0.3, -0.25) is 4.79 Å². The van der Waals surface area contributed by atoms with Gasteiger partial charge in [0.1, 0.15) is 0 Å². The lowest BCUT2D eigenvalue weighted by molar-refractivity contribution is -0.125. The van der Waals surface area contributed by atoms with E-state index in [1.807, 2.05) is 22.7 Å². The second kappa shape index (κ2) is 7.95. The van der Waals surface area contributed by atoms with Crippen LogP contribution in [0.3, 0.4) is 0 Å². The number of nitrogens with one attached hydrogen (secondary N) is 1. The molecule has 0 aromatic rings. The molecule has 0 aromatic carbocycles. The van der Waals surface area contributed by atoms with Gasteiger partial charge in [-0.05, 0) is 63.4 Å². The number of hydrogen-bond acceptors (Lipinski definition) is 3. The number of piperidine rings is 1. The molecule has 2 fully saturated rings. The van der Waals surface area contributed by atoms with Crippen molar-refractivity contribution in [3.63, 3.8) is 0 Å². The van der Waals surface area contributed by atoms with Crippen LogP contribution in [0.2, 0.25) is 0 Å². The molecule has 1 N–H and O–H groups in total. The zero-order valence-corrected chi connectivity index (χ0v) is 12.8. The molecule has 2 heterocycles. The van der Waals surface area contributed by atoms with Gasteiger partial charge in [-0.2, -0.15) is 11.8 Å². The van der Waals surface area contributed by atoms with E-state index in [9.17, 15) is 4.79 Å². The topological polar surface area (TPSA) is 32.3 Å². The van der Waals surface area contributed by atoms with Crippen LogP contribution >= 0.6 is 11.8 Å². The molecule has 3 nitrogen and oxygen atoms in total. The van der Waals surface area contributed by atoms with E-state index in [0.717, 1.165) is 39.0 Å². The lowest BCUT2D eigenvalue weighted by Gasteiger charge is -2.23. The minimum absolute atomic E-state index is 0.202. The number of thioether (sulfide) groups is 1. The number of likely N-dealkylation sites (N-methyl/N-ethyl adjacent to an activating group) is 1. The van der Waals surface area contributed by atoms with Gasteiger partial charge in [-0.1, -0.05) is 6.08 Å². The van der Waals surface area contributed by atoms with Crippen molar-refractivity contribution in [3.8, 4) is 0 Å². The van der Waals surface area contributed by atoms with E-state index in [4.69, 9.17) is 0 Å². The number of rotatable bonds is 5. The van der Waals surface area contributed by atoms with Gasteiger partial charge < -0.3 is 10.2 Å². The minimum Gasteiger partial charge on any atom is -0.338 e. The summed E-state index contributed by atoms with van der Waals surface area (Å²) in [6.45, 7) is 6.00. The van der Waals surface area contributed by atoms with Crippen LogP contribution in [0, 0.1) is 5.92 Å². The summed E-state index contributed by atoms with van der Waals surface area (Å²) in [6.07, 6.45) is 8.86. The van der Waals surface area contributed by atoms with Crippen molar-refractivity contribution in [1.29, 1.82) is 0 Å². The number of carbonyl (C=O) groups excluding carboxylic acids is 1. The van der Waals surface area contributed by atoms with Gasteiger partial charge in [0.25, 0.3) is 0 Å². The largest absolute Gasteiger partial charge is 0.338 e. The summed E-state index contributed by atoms with van der Waals surface area (Å²) in [4.78, 5) is 14.2. The SMILES string of the molecule is CCN(CC1CCCS1)C(=O)/C=C/C1CCNCC1. The van der Waals surface area contributed by atoms with Gasteiger partial charge in [-0.25, -0.2) is 0 Å². The van der Waals surface area contributed by atoms with Crippen molar-refractivity contribution in [2.45, 2.75) is 37.9 Å². The van der Waals surface area contributed by atoms with Gasteiger partial charge in [0, 0.05) is 18.3 Å². The third kappa shape index (κ3) is 4.84. The molecule has 2 aliphatic rings. The molecule has 1 atom stereocenters. The molecular formula is C15H26N2OS. The lowest BCUT2D eigenvalue weighted by Crippen LogP contribution is -2.34. The van der Waals surface area contributed by atoms with Crippen LogP contribution < -0.4 is 5.32 Å². The van der Waals surface area contributed by atoms with E-state index >= 15 is 0 Å². The van der Waals surface area contributed by atoms with Gasteiger partial charge in [0.15, 0.2) is 0 Å². The molecule has 0 aromatic heterocycles. The Balaban J connectivity index is 1.79. The molecule has 2 aliphatic heterocycles. The first kappa shape index (κ1) is 14.9. The van der Waals surface area contributed by atoms with Crippen LogP contribution in [-0.2, 0) is 4.79 Å². The molecule has 2 saturated heterocycles. The summed E-state index contributed by atoms with van der Waals surface area (Å²) >= 11 is 2.02. The fraction of sp³-hybridized carbons (Fsp3) is 0.800. The molecule has 1 unspecified atom stereocenters. The number of amides is 1. The summed E-state index contributed by atoms with van der Waals surface area (Å²) in [5.74, 6) is 2.06. The van der Waals surface area contributed by atoms with Gasteiger partial charge in [0.2, 0.25) is 5.91 Å². The highest BCUT2D eigenvalue weighted by Gasteiger charge is 2.20. The van der Waals surface area contributed by atoms with Crippen LogP contribution in [0.25, 0.3) is 0 Å². The van der Waals surface area contributed by atoms with Crippen molar-refractivity contribution < 1.29 is 4.79 Å². The summed E-state index contributed by atoms with van der Waals surface area (Å²) in [7, 11) is 0. The van der Waals surface area contributed by atoms with Crippen molar-refractivity contribution in [3.05, 3.63) is 12.2 Å². The van der Waals surface area contributed by atoms with Crippen LogP contribution in [0.5, 0.6) is 0 Å². The minimum atomic E-state index is 0.202. The second-order valence-corrected chi connectivity index (χ2v) is 6.87. The summed E-state index contributed by atoms with van der Waals surface area (Å²) in [5, 5.41) is 4.02. The van der Waals surface area contributed by atoms with Crippen LogP contribution in [0.15, 0.2) is 12.2 Å². The summed E-state index contributed by atoms with van der Waals surface area (Å²) < 4.78 is 0. The number of allylic oxidation sites excluding steroid dienone is 1. The highest BCUT2D eigenvalue weighted by Crippen LogP contribution is 2.26. The second-order valence-electron chi connectivity index (χ2n) is 5.46. The maximum absolute atomic E-state index is 12.2. The van der Waals surface area contributed by atoms with E-state index < -0.39 is 0 Å². The molecule has 0 radical (unpaired) electrons. The molecule has 0 spiro atoms. The first-order chi connectivity index (χ1) is 9.29. The average Bonchev–Trinajstić information content (AvgIpc) is 2.96. The fourth-order valence-corrected chi connectivity index (χ4v) is 4.05. The Morgan fingerprint density at radius 3 is 2.79 bits per heavy atom. The van der Waals surface area contributed by atoms with Crippen molar-refractivity contribution >= 4 is 17.7 Å². The Kier molecular flexibility index (Phi) is 6.24. The molecule has 1 amide bonds. The van der Waals surface area contributed by atoms with Crippen LogP contribution in [-0.4, -0.2) is 48.0 Å². The molecule has 4 heteroatoms. The van der Waals surface area contributed by atoms with E-state index in [1.165, 1.54) is 18.6 Å². The van der Waals surface area contributed by atoms with E-state index in [1.54, 1.807) is 0 Å². The van der Waals surface area contributed by atoms with E-state index in [2.05, 4.69) is 18.3 Å². The smallest absolute Gasteiger partial charge is 0.246 e. The predicted octanol–water partition coefficient (Wildman–Crippen LogP) is 2.29. The van der Waals surface area contributed by atoms with Gasteiger partial charge in [-0.15, -0.1) is 0 Å². The highest BCUT2D eigenvalue weighted by atomic mass is 32.2. The molecule has 0 aliphatic carbocycles. The predicted molar refractivity (Wildman–Crippen MR) is 82.5 cm³/mol. The molecular weight excluding hydrogens is 256 g/mol. The Bertz CT molecular complexity index is 307. The monoisotopic (exact) mass is 282 g/mol. The maximum atomic E-state index is 12.2. The number of hydrogen-bond donors (Lipinski definition) is 1. The average molecular weight is 282 g/mol. The van der Waals surface area contributed by atoms with Crippen LogP contribution in [0.1, 0.15) is 32.6 Å². The number of nitrogens with zero attached hydrogens (tertiary/aromatic N) is 1. The zero-order valence-electron chi connectivity index (χ0n) is 11.9. The third-order valence-corrected chi connectivity index (χ3v) is 5.42. The Hall–Kier alpha value is -0.480. The van der Waals surface area contributed by atoms with E-state index in [0.29, 0.717) is 11.2 Å². The van der Waals surface area contributed by atoms with Crippen molar-refractivity contribution in [2.24, 2.45) is 5.92 Å². The molecule has 0 saturated carbocycles. The van der Waals surface area contributed by atoms with Gasteiger partial charge in [0.05, 0.1) is 0 Å². The fourth-order valence-electron chi connectivity index (χ4n) is 2.77. The molecule has 19 heavy (non-hydrogen) atoms. The first-order valence-corrected chi connectivity index (χ1v) is 8.64. The Morgan fingerprint density at radius 1 is 1.37 bits per heavy atom. The molecule has 2 rings (SSSR count). The van der Waals surface area contributed by atoms with Crippen molar-refractivity contribution in [2.75, 3.05) is 31.9 Å². The normalized spacial score (nSPS) is 25.0. The highest BCUT2D eigenvalue weighted by molar-refractivity contribution is 8.00. The molecule has 108 valence electrons. The number of carbonyl (C=O) groups is 1. The van der Waals surface area contributed by atoms with Gasteiger partial charge >= 0.3 is 0 Å². The Morgan fingerprint density at radius 2 is 2.16 bits per heavy atom.